The Bertz CT molecular complexity index is 1110. The Labute approximate surface area is 154 Å². The number of aromatic nitrogens is 1. The minimum Gasteiger partial charge on any atom is -0.454 e. The van der Waals surface area contributed by atoms with Gasteiger partial charge in [-0.15, -0.1) is 6.58 Å². The summed E-state index contributed by atoms with van der Waals surface area (Å²) in [4.78, 5) is 17.8. The number of benzene rings is 2. The van der Waals surface area contributed by atoms with E-state index in [9.17, 15) is 4.79 Å². The third kappa shape index (κ3) is 2.82. The molecule has 26 heavy (non-hydrogen) atoms. The van der Waals surface area contributed by atoms with Gasteiger partial charge >= 0.3 is 0 Å². The molecular weight excluding hydrogens is 348 g/mol. The fourth-order valence-corrected chi connectivity index (χ4v) is 4.01. The smallest absolute Gasteiger partial charge is 0.279 e. The predicted octanol–water partition coefficient (Wildman–Crippen LogP) is 3.98. The van der Waals surface area contributed by atoms with Gasteiger partial charge < -0.3 is 14.0 Å². The predicted molar refractivity (Wildman–Crippen MR) is 102 cm³/mol. The van der Waals surface area contributed by atoms with Crippen LogP contribution in [0.3, 0.4) is 0 Å². The molecule has 132 valence electrons. The lowest BCUT2D eigenvalue weighted by Gasteiger charge is -2.04. The second-order valence-corrected chi connectivity index (χ2v) is 7.20. The lowest BCUT2D eigenvalue weighted by Crippen LogP contribution is -2.16. The molecule has 0 N–H and O–H groups in total. The molecule has 0 unspecified atom stereocenters. The number of nitrogens with zero attached hydrogens (tertiary/aromatic N) is 2. The summed E-state index contributed by atoms with van der Waals surface area (Å²) in [6, 6.07) is 9.68. The lowest BCUT2D eigenvalue weighted by atomic mass is 10.1. The van der Waals surface area contributed by atoms with Gasteiger partial charge in [-0.1, -0.05) is 35.1 Å². The van der Waals surface area contributed by atoms with Gasteiger partial charge in [0.25, 0.3) is 5.91 Å². The molecule has 1 aromatic heterocycles. The van der Waals surface area contributed by atoms with Crippen LogP contribution in [0.2, 0.25) is 0 Å². The molecule has 2 heterocycles. The van der Waals surface area contributed by atoms with Gasteiger partial charge in [-0.25, -0.2) is 0 Å². The minimum atomic E-state index is -0.240. The maximum atomic E-state index is 12.8. The average Bonchev–Trinajstić information content (AvgIpc) is 3.20. The van der Waals surface area contributed by atoms with Crippen LogP contribution in [0.1, 0.15) is 21.5 Å². The van der Waals surface area contributed by atoms with Gasteiger partial charge in [-0.2, -0.15) is 4.99 Å². The number of carbonyl (C=O) groups is 1. The van der Waals surface area contributed by atoms with Crippen molar-refractivity contribution in [3.05, 3.63) is 64.5 Å². The molecule has 0 aliphatic carbocycles. The third-order valence-corrected chi connectivity index (χ3v) is 5.35. The maximum Gasteiger partial charge on any atom is 0.279 e. The van der Waals surface area contributed by atoms with E-state index in [1.165, 1.54) is 11.3 Å². The van der Waals surface area contributed by atoms with Gasteiger partial charge in [0.15, 0.2) is 16.3 Å². The SMILES string of the molecule is C=CCn1c(=NC(=O)c2cc(C)ccc2C)sc2cc3c(cc21)OCO3. The molecule has 0 bridgehead atoms. The van der Waals surface area contributed by atoms with E-state index in [0.29, 0.717) is 22.7 Å². The van der Waals surface area contributed by atoms with E-state index in [1.54, 1.807) is 6.08 Å². The first-order chi connectivity index (χ1) is 12.6. The summed E-state index contributed by atoms with van der Waals surface area (Å²) >= 11 is 1.46. The van der Waals surface area contributed by atoms with Gasteiger partial charge in [0.05, 0.1) is 10.2 Å². The number of amides is 1. The van der Waals surface area contributed by atoms with Gasteiger partial charge in [-0.05, 0) is 25.5 Å². The molecular formula is C20H18N2O3S. The molecule has 0 saturated carbocycles. The maximum absolute atomic E-state index is 12.8. The van der Waals surface area contributed by atoms with Gasteiger partial charge in [0.2, 0.25) is 6.79 Å². The van der Waals surface area contributed by atoms with Crippen molar-refractivity contribution >= 4 is 27.5 Å². The largest absolute Gasteiger partial charge is 0.454 e. The van der Waals surface area contributed by atoms with Crippen LogP contribution in [-0.4, -0.2) is 17.3 Å². The molecule has 1 amide bonds. The first kappa shape index (κ1) is 16.6. The summed E-state index contributed by atoms with van der Waals surface area (Å²) in [5, 5.41) is 0. The third-order valence-electron chi connectivity index (χ3n) is 4.31. The summed E-state index contributed by atoms with van der Waals surface area (Å²) in [6.07, 6.45) is 1.79. The van der Waals surface area contributed by atoms with Gasteiger partial charge in [0, 0.05) is 24.2 Å². The van der Waals surface area contributed by atoms with E-state index in [-0.39, 0.29) is 12.7 Å². The van der Waals surface area contributed by atoms with E-state index in [2.05, 4.69) is 11.6 Å². The Morgan fingerprint density at radius 3 is 2.81 bits per heavy atom. The molecule has 5 nitrogen and oxygen atoms in total. The summed E-state index contributed by atoms with van der Waals surface area (Å²) in [7, 11) is 0. The number of thiazole rings is 1. The number of ether oxygens (including phenoxy) is 2. The van der Waals surface area contributed by atoms with Crippen molar-refractivity contribution in [3.8, 4) is 11.5 Å². The van der Waals surface area contributed by atoms with E-state index in [1.807, 2.05) is 48.7 Å². The van der Waals surface area contributed by atoms with Crippen molar-refractivity contribution in [2.45, 2.75) is 20.4 Å². The van der Waals surface area contributed by atoms with Gasteiger partial charge in [0.1, 0.15) is 0 Å². The number of hydrogen-bond donors (Lipinski definition) is 0. The molecule has 0 saturated heterocycles. The standard InChI is InChI=1S/C20H18N2O3S/c1-4-7-22-15-9-16-17(25-11-24-16)10-18(15)26-20(22)21-19(23)14-8-12(2)5-6-13(14)3/h4-6,8-10H,1,7,11H2,2-3H3. The van der Waals surface area contributed by atoms with Crippen LogP contribution in [0.25, 0.3) is 10.2 Å². The molecule has 3 aromatic rings. The summed E-state index contributed by atoms with van der Waals surface area (Å²) < 4.78 is 13.9. The van der Waals surface area contributed by atoms with Crippen molar-refractivity contribution in [2.24, 2.45) is 4.99 Å². The Morgan fingerprint density at radius 1 is 1.27 bits per heavy atom. The van der Waals surface area contributed by atoms with E-state index in [4.69, 9.17) is 9.47 Å². The highest BCUT2D eigenvalue weighted by molar-refractivity contribution is 7.16. The molecule has 0 fully saturated rings. The summed E-state index contributed by atoms with van der Waals surface area (Å²) in [5.41, 5.74) is 3.53. The normalized spacial score (nSPS) is 13.4. The number of aryl methyl sites for hydroxylation is 2. The molecule has 4 rings (SSSR count). The van der Waals surface area contributed by atoms with Crippen LogP contribution in [0, 0.1) is 13.8 Å². The topological polar surface area (TPSA) is 52.8 Å². The quantitative estimate of drug-likeness (QED) is 0.659. The number of hydrogen-bond acceptors (Lipinski definition) is 4. The van der Waals surface area contributed by atoms with E-state index >= 15 is 0 Å². The summed E-state index contributed by atoms with van der Waals surface area (Å²) in [6.45, 7) is 8.50. The molecule has 0 radical (unpaired) electrons. The van der Waals surface area contributed by atoms with Crippen molar-refractivity contribution in [1.29, 1.82) is 0 Å². The van der Waals surface area contributed by atoms with Crippen molar-refractivity contribution in [1.82, 2.24) is 4.57 Å². The fraction of sp³-hybridized carbons (Fsp3) is 0.200. The first-order valence-electron chi connectivity index (χ1n) is 8.27. The van der Waals surface area contributed by atoms with Crippen LogP contribution in [0.5, 0.6) is 11.5 Å². The molecule has 6 heteroatoms. The second kappa shape index (κ2) is 6.46. The van der Waals surface area contributed by atoms with Crippen LogP contribution >= 0.6 is 11.3 Å². The second-order valence-electron chi connectivity index (χ2n) is 6.19. The fourth-order valence-electron chi connectivity index (χ4n) is 2.96. The molecule has 1 aliphatic heterocycles. The molecule has 1 aliphatic rings. The zero-order valence-electron chi connectivity index (χ0n) is 14.6. The lowest BCUT2D eigenvalue weighted by molar-refractivity contribution is 0.0997. The first-order valence-corrected chi connectivity index (χ1v) is 9.08. The van der Waals surface area contributed by atoms with Crippen molar-refractivity contribution in [2.75, 3.05) is 6.79 Å². The average molecular weight is 366 g/mol. The zero-order valence-corrected chi connectivity index (χ0v) is 15.4. The molecule has 2 aromatic carbocycles. The number of rotatable bonds is 3. The van der Waals surface area contributed by atoms with E-state index in [0.717, 1.165) is 27.1 Å². The zero-order chi connectivity index (χ0) is 18.3. The van der Waals surface area contributed by atoms with E-state index < -0.39 is 0 Å². The Morgan fingerprint density at radius 2 is 2.04 bits per heavy atom. The molecule has 0 spiro atoms. The van der Waals surface area contributed by atoms with Gasteiger partial charge in [-0.3, -0.25) is 4.79 Å². The Kier molecular flexibility index (Phi) is 4.12. The van der Waals surface area contributed by atoms with Crippen molar-refractivity contribution < 1.29 is 14.3 Å². The monoisotopic (exact) mass is 366 g/mol. The van der Waals surface area contributed by atoms with Crippen LogP contribution in [-0.2, 0) is 6.54 Å². The van der Waals surface area contributed by atoms with Crippen LogP contribution in [0.4, 0.5) is 0 Å². The highest BCUT2D eigenvalue weighted by Crippen LogP contribution is 2.37. The minimum absolute atomic E-state index is 0.233. The van der Waals surface area contributed by atoms with Crippen molar-refractivity contribution in [3.63, 3.8) is 0 Å². The highest BCUT2D eigenvalue weighted by Gasteiger charge is 2.18. The Hall–Kier alpha value is -2.86. The number of carbonyl (C=O) groups excluding carboxylic acids is 1. The Balaban J connectivity index is 1.88. The van der Waals surface area contributed by atoms with Crippen LogP contribution < -0.4 is 14.3 Å². The number of fused-ring (bicyclic) bond motifs is 2. The summed E-state index contributed by atoms with van der Waals surface area (Å²) in [5.74, 6) is 1.19. The number of allylic oxidation sites excluding steroid dienone is 1. The highest BCUT2D eigenvalue weighted by atomic mass is 32.1. The molecule has 0 atom stereocenters. The van der Waals surface area contributed by atoms with Crippen LogP contribution in [0.15, 0.2) is 48.0 Å².